The van der Waals surface area contributed by atoms with E-state index in [0.29, 0.717) is 5.92 Å². The minimum atomic E-state index is 0. The van der Waals surface area contributed by atoms with E-state index in [-0.39, 0.29) is 23.9 Å². The number of hydrogen-bond donors (Lipinski definition) is 1. The molecule has 0 aromatic heterocycles. The molecule has 2 heteroatoms. The summed E-state index contributed by atoms with van der Waals surface area (Å²) in [6, 6.07) is 10.7. The second-order valence-corrected chi connectivity index (χ2v) is 7.87. The van der Waals surface area contributed by atoms with Crippen LogP contribution in [0.2, 0.25) is 0 Å². The van der Waals surface area contributed by atoms with E-state index in [2.05, 4.69) is 58.0 Å². The first kappa shape index (κ1) is 23.5. The zero-order valence-corrected chi connectivity index (χ0v) is 17.2. The van der Waals surface area contributed by atoms with Crippen molar-refractivity contribution in [1.29, 1.82) is 0 Å². The standard InChI is InChI=1S/C22H39N.ClH/c1-5-6-7-8-9-10-11-13-16-19(2)22(3,4)21(23)20-17-14-12-15-18-20;/h12,14-15,17-19,21H,5-11,13,16,23H2,1-4H3;1H. The maximum atomic E-state index is 6.57. The third-order valence-corrected chi connectivity index (χ3v) is 5.72. The Kier molecular flexibility index (Phi) is 12.5. The fourth-order valence-corrected chi connectivity index (χ4v) is 3.35. The summed E-state index contributed by atoms with van der Waals surface area (Å²) in [6.45, 7) is 9.33. The first-order valence-electron chi connectivity index (χ1n) is 9.80. The highest BCUT2D eigenvalue weighted by Crippen LogP contribution is 2.40. The summed E-state index contributed by atoms with van der Waals surface area (Å²) < 4.78 is 0. The topological polar surface area (TPSA) is 26.0 Å². The average Bonchev–Trinajstić information content (AvgIpc) is 2.57. The van der Waals surface area contributed by atoms with Gasteiger partial charge >= 0.3 is 0 Å². The van der Waals surface area contributed by atoms with Gasteiger partial charge in [0.05, 0.1) is 0 Å². The Morgan fingerprint density at radius 2 is 1.38 bits per heavy atom. The highest BCUT2D eigenvalue weighted by atomic mass is 35.5. The Labute approximate surface area is 157 Å². The van der Waals surface area contributed by atoms with Gasteiger partial charge in [0.25, 0.3) is 0 Å². The molecule has 0 saturated heterocycles. The van der Waals surface area contributed by atoms with E-state index in [1.165, 1.54) is 63.4 Å². The van der Waals surface area contributed by atoms with E-state index >= 15 is 0 Å². The third-order valence-electron chi connectivity index (χ3n) is 5.72. The lowest BCUT2D eigenvalue weighted by molar-refractivity contribution is 0.167. The lowest BCUT2D eigenvalue weighted by Crippen LogP contribution is -2.35. The Morgan fingerprint density at radius 1 is 0.875 bits per heavy atom. The molecule has 2 atom stereocenters. The number of rotatable bonds is 12. The van der Waals surface area contributed by atoms with Crippen LogP contribution in [0.3, 0.4) is 0 Å². The second kappa shape index (κ2) is 12.8. The molecule has 1 aromatic carbocycles. The van der Waals surface area contributed by atoms with Crippen LogP contribution in [0.5, 0.6) is 0 Å². The summed E-state index contributed by atoms with van der Waals surface area (Å²) in [5.41, 5.74) is 7.98. The van der Waals surface area contributed by atoms with Crippen molar-refractivity contribution in [2.45, 2.75) is 91.5 Å². The molecule has 1 aromatic rings. The molecular weight excluding hydrogens is 314 g/mol. The average molecular weight is 354 g/mol. The van der Waals surface area contributed by atoms with Crippen molar-refractivity contribution in [3.63, 3.8) is 0 Å². The normalized spacial score (nSPS) is 14.0. The van der Waals surface area contributed by atoms with Gasteiger partial charge in [-0.3, -0.25) is 0 Å². The van der Waals surface area contributed by atoms with Crippen molar-refractivity contribution < 1.29 is 0 Å². The highest BCUT2D eigenvalue weighted by Gasteiger charge is 2.32. The van der Waals surface area contributed by atoms with E-state index in [4.69, 9.17) is 5.73 Å². The molecule has 0 saturated carbocycles. The number of benzene rings is 1. The molecule has 1 rings (SSSR count). The van der Waals surface area contributed by atoms with E-state index in [1.807, 2.05) is 0 Å². The number of nitrogens with two attached hydrogens (primary N) is 1. The van der Waals surface area contributed by atoms with Gasteiger partial charge in [-0.25, -0.2) is 0 Å². The van der Waals surface area contributed by atoms with Crippen LogP contribution in [-0.4, -0.2) is 0 Å². The largest absolute Gasteiger partial charge is 0.323 e. The Morgan fingerprint density at radius 3 is 1.92 bits per heavy atom. The Hall–Kier alpha value is -0.530. The lowest BCUT2D eigenvalue weighted by atomic mass is 9.70. The molecule has 0 aliphatic rings. The van der Waals surface area contributed by atoms with Crippen LogP contribution in [0.25, 0.3) is 0 Å². The van der Waals surface area contributed by atoms with Gasteiger partial charge in [0, 0.05) is 6.04 Å². The number of halogens is 1. The van der Waals surface area contributed by atoms with Crippen molar-refractivity contribution in [3.8, 4) is 0 Å². The van der Waals surface area contributed by atoms with E-state index in [1.54, 1.807) is 0 Å². The quantitative estimate of drug-likeness (QED) is 0.392. The molecule has 0 spiro atoms. The molecule has 0 aliphatic carbocycles. The number of hydrogen-bond acceptors (Lipinski definition) is 1. The van der Waals surface area contributed by atoms with Gasteiger partial charge < -0.3 is 5.73 Å². The summed E-state index contributed by atoms with van der Waals surface area (Å²) in [4.78, 5) is 0. The lowest BCUT2D eigenvalue weighted by Gasteiger charge is -2.38. The highest BCUT2D eigenvalue weighted by molar-refractivity contribution is 5.85. The van der Waals surface area contributed by atoms with Crippen molar-refractivity contribution in [2.75, 3.05) is 0 Å². The van der Waals surface area contributed by atoms with Crippen LogP contribution in [-0.2, 0) is 0 Å². The first-order chi connectivity index (χ1) is 11.0. The first-order valence-corrected chi connectivity index (χ1v) is 9.80. The van der Waals surface area contributed by atoms with Crippen LogP contribution in [0.4, 0.5) is 0 Å². The van der Waals surface area contributed by atoms with Gasteiger partial charge in [-0.15, -0.1) is 12.4 Å². The van der Waals surface area contributed by atoms with Gasteiger partial charge in [0.2, 0.25) is 0 Å². The molecular formula is C22H40ClN. The second-order valence-electron chi connectivity index (χ2n) is 7.87. The van der Waals surface area contributed by atoms with Crippen molar-refractivity contribution >= 4 is 12.4 Å². The fourth-order valence-electron chi connectivity index (χ4n) is 3.35. The zero-order chi connectivity index (χ0) is 17.1. The molecule has 0 amide bonds. The minimum Gasteiger partial charge on any atom is -0.323 e. The van der Waals surface area contributed by atoms with Gasteiger partial charge in [-0.1, -0.05) is 116 Å². The molecule has 140 valence electrons. The Balaban J connectivity index is 0.00000529. The molecule has 0 aliphatic heterocycles. The predicted octanol–water partition coefficient (Wildman–Crippen LogP) is 7.30. The van der Waals surface area contributed by atoms with Crippen LogP contribution >= 0.6 is 12.4 Å². The summed E-state index contributed by atoms with van der Waals surface area (Å²) >= 11 is 0. The van der Waals surface area contributed by atoms with Gasteiger partial charge in [0.1, 0.15) is 0 Å². The summed E-state index contributed by atoms with van der Waals surface area (Å²) in [5.74, 6) is 0.651. The molecule has 2 unspecified atom stereocenters. The molecule has 0 bridgehead atoms. The van der Waals surface area contributed by atoms with Crippen molar-refractivity contribution in [2.24, 2.45) is 17.1 Å². The zero-order valence-electron chi connectivity index (χ0n) is 16.4. The summed E-state index contributed by atoms with van der Waals surface area (Å²) in [6.07, 6.45) is 12.4. The molecule has 1 nitrogen and oxygen atoms in total. The molecule has 2 N–H and O–H groups in total. The van der Waals surface area contributed by atoms with E-state index in [0.717, 1.165) is 0 Å². The molecule has 24 heavy (non-hydrogen) atoms. The van der Waals surface area contributed by atoms with Gasteiger partial charge in [-0.2, -0.15) is 0 Å². The van der Waals surface area contributed by atoms with Gasteiger partial charge in [-0.05, 0) is 16.9 Å². The summed E-state index contributed by atoms with van der Waals surface area (Å²) in [5, 5.41) is 0. The Bertz CT molecular complexity index is 402. The number of unbranched alkanes of at least 4 members (excludes halogenated alkanes) is 7. The molecule has 0 fully saturated rings. The SMILES string of the molecule is CCCCCCCCCCC(C)C(C)(C)C(N)c1ccccc1.Cl. The van der Waals surface area contributed by atoms with Crippen LogP contribution in [0.15, 0.2) is 30.3 Å². The maximum absolute atomic E-state index is 6.57. The van der Waals surface area contributed by atoms with Crippen LogP contribution < -0.4 is 5.73 Å². The fraction of sp³-hybridized carbons (Fsp3) is 0.727. The van der Waals surface area contributed by atoms with E-state index in [9.17, 15) is 0 Å². The van der Waals surface area contributed by atoms with Gasteiger partial charge in [0.15, 0.2) is 0 Å². The minimum absolute atomic E-state index is 0. The van der Waals surface area contributed by atoms with Crippen LogP contribution in [0, 0.1) is 11.3 Å². The third kappa shape index (κ3) is 8.03. The monoisotopic (exact) mass is 353 g/mol. The van der Waals surface area contributed by atoms with E-state index < -0.39 is 0 Å². The van der Waals surface area contributed by atoms with Crippen molar-refractivity contribution in [1.82, 2.24) is 0 Å². The van der Waals surface area contributed by atoms with Crippen LogP contribution in [0.1, 0.15) is 97.1 Å². The molecule has 0 heterocycles. The smallest absolute Gasteiger partial charge is 0.0349 e. The summed E-state index contributed by atoms with van der Waals surface area (Å²) in [7, 11) is 0. The predicted molar refractivity (Wildman–Crippen MR) is 111 cm³/mol. The van der Waals surface area contributed by atoms with Crippen molar-refractivity contribution in [3.05, 3.63) is 35.9 Å². The molecule has 0 radical (unpaired) electrons. The maximum Gasteiger partial charge on any atom is 0.0349 e.